The molecule has 0 fully saturated rings. The van der Waals surface area contributed by atoms with Crippen molar-refractivity contribution in [2.24, 2.45) is 0 Å². The quantitative estimate of drug-likeness (QED) is 0.0197. The molecule has 378 valence electrons. The molecule has 8 nitrogen and oxygen atoms in total. The Morgan fingerprint density at radius 1 is 0.492 bits per heavy atom. The van der Waals surface area contributed by atoms with Crippen LogP contribution in [0.1, 0.15) is 219 Å². The first kappa shape index (κ1) is 62.9. The number of likely N-dealkylation sites (N-methyl/N-ethyl adjacent to an activating group) is 1. The third-order valence-electron chi connectivity index (χ3n) is 11.2. The second-order valence-electron chi connectivity index (χ2n) is 18.9. The normalized spacial score (nSPS) is 14.1. The number of nitrogens with zero attached hydrogens (tertiary/aromatic N) is 1. The van der Waals surface area contributed by atoms with E-state index in [4.69, 9.17) is 18.5 Å². The van der Waals surface area contributed by atoms with Crippen LogP contribution in [0.4, 0.5) is 0 Å². The molecule has 0 aliphatic rings. The van der Waals surface area contributed by atoms with Crippen molar-refractivity contribution in [3.63, 3.8) is 0 Å². The first-order valence-electron chi connectivity index (χ1n) is 26.7. The molecule has 2 atom stereocenters. The minimum atomic E-state index is -4.54. The van der Waals surface area contributed by atoms with Gasteiger partial charge in [0.25, 0.3) is 7.82 Å². The topological polar surface area (TPSA) is 94.1 Å². The zero-order valence-corrected chi connectivity index (χ0v) is 43.8. The van der Waals surface area contributed by atoms with Gasteiger partial charge in [0, 0.05) is 13.0 Å². The molecular formula is C56H102NO7P. The zero-order chi connectivity index (χ0) is 47.6. The third-order valence-corrected chi connectivity index (χ3v) is 12.2. The van der Waals surface area contributed by atoms with Gasteiger partial charge in [0.15, 0.2) is 0 Å². The first-order valence-corrected chi connectivity index (χ1v) is 28.1. The fourth-order valence-corrected chi connectivity index (χ4v) is 7.89. The molecule has 0 aliphatic heterocycles. The summed E-state index contributed by atoms with van der Waals surface area (Å²) in [7, 11) is 1.34. The van der Waals surface area contributed by atoms with Crippen LogP contribution in [-0.4, -0.2) is 70.7 Å². The lowest BCUT2D eigenvalue weighted by atomic mass is 10.0. The maximum Gasteiger partial charge on any atom is 0.306 e. The molecule has 65 heavy (non-hydrogen) atoms. The molecule has 0 aromatic heterocycles. The lowest BCUT2D eigenvalue weighted by Gasteiger charge is -2.28. The molecule has 0 heterocycles. The Morgan fingerprint density at radius 2 is 0.892 bits per heavy atom. The molecule has 0 spiro atoms. The smallest absolute Gasteiger partial charge is 0.306 e. The van der Waals surface area contributed by atoms with E-state index < -0.39 is 13.9 Å². The van der Waals surface area contributed by atoms with Crippen LogP contribution in [0.15, 0.2) is 72.9 Å². The van der Waals surface area contributed by atoms with Crippen molar-refractivity contribution in [1.29, 1.82) is 0 Å². The summed E-state index contributed by atoms with van der Waals surface area (Å²) in [5.74, 6) is -0.341. The van der Waals surface area contributed by atoms with E-state index in [1.165, 1.54) is 122 Å². The molecule has 0 saturated heterocycles. The summed E-state index contributed by atoms with van der Waals surface area (Å²) in [6.07, 6.45) is 63.5. The van der Waals surface area contributed by atoms with E-state index >= 15 is 0 Å². The molecule has 2 unspecified atom stereocenters. The molecule has 0 saturated carbocycles. The van der Waals surface area contributed by atoms with Gasteiger partial charge < -0.3 is 27.9 Å². The van der Waals surface area contributed by atoms with Gasteiger partial charge in [0.05, 0.1) is 34.4 Å². The van der Waals surface area contributed by atoms with Crippen LogP contribution in [-0.2, 0) is 27.9 Å². The average Bonchev–Trinajstić information content (AvgIpc) is 3.27. The minimum absolute atomic E-state index is 0.0203. The Kier molecular flexibility index (Phi) is 46.9. The van der Waals surface area contributed by atoms with E-state index in [1.807, 2.05) is 21.1 Å². The van der Waals surface area contributed by atoms with Crippen molar-refractivity contribution in [1.82, 2.24) is 0 Å². The summed E-state index contributed by atoms with van der Waals surface area (Å²) in [6.45, 7) is 5.27. The molecule has 0 N–H and O–H groups in total. The number of carbonyl (C=O) groups is 1. The number of esters is 1. The van der Waals surface area contributed by atoms with Gasteiger partial charge in [0.1, 0.15) is 19.3 Å². The van der Waals surface area contributed by atoms with Gasteiger partial charge >= 0.3 is 5.97 Å². The molecular weight excluding hydrogens is 830 g/mol. The number of phosphoric acid groups is 1. The highest BCUT2D eigenvalue weighted by molar-refractivity contribution is 7.45. The third kappa shape index (κ3) is 52.8. The SMILES string of the molecule is CC/C=C\C/C=C\C/C=C\C/C=C\CCCCCCCCCOCC(COP(=O)([O-])OCC[N+](C)(C)C)OC(=O)CCCCCCCCCCCCC/C=C\C/C=C\CCCCCCC. The minimum Gasteiger partial charge on any atom is -0.756 e. The van der Waals surface area contributed by atoms with E-state index in [2.05, 4.69) is 86.8 Å². The first-order chi connectivity index (χ1) is 31.6. The van der Waals surface area contributed by atoms with Crippen LogP contribution in [0.2, 0.25) is 0 Å². The summed E-state index contributed by atoms with van der Waals surface area (Å²) in [6, 6.07) is 0. The van der Waals surface area contributed by atoms with E-state index in [0.717, 1.165) is 77.0 Å². The van der Waals surface area contributed by atoms with Gasteiger partial charge in [0.2, 0.25) is 0 Å². The Labute approximate surface area is 402 Å². The largest absolute Gasteiger partial charge is 0.756 e. The second-order valence-corrected chi connectivity index (χ2v) is 20.3. The molecule has 0 radical (unpaired) electrons. The van der Waals surface area contributed by atoms with Gasteiger partial charge in [-0.25, -0.2) is 0 Å². The molecule has 0 aromatic carbocycles. The monoisotopic (exact) mass is 932 g/mol. The number of hydrogen-bond donors (Lipinski definition) is 0. The van der Waals surface area contributed by atoms with Crippen molar-refractivity contribution < 1.29 is 37.3 Å². The van der Waals surface area contributed by atoms with Crippen molar-refractivity contribution in [2.45, 2.75) is 225 Å². The lowest BCUT2D eigenvalue weighted by molar-refractivity contribution is -0.870. The van der Waals surface area contributed by atoms with Gasteiger partial charge in [-0.2, -0.15) is 0 Å². The molecule has 0 aliphatic carbocycles. The molecule has 0 aromatic rings. The van der Waals surface area contributed by atoms with E-state index in [0.29, 0.717) is 24.1 Å². The average molecular weight is 932 g/mol. The number of hydrogen-bond acceptors (Lipinski definition) is 7. The van der Waals surface area contributed by atoms with Gasteiger partial charge in [-0.1, -0.05) is 202 Å². The maximum absolute atomic E-state index is 12.8. The van der Waals surface area contributed by atoms with Gasteiger partial charge in [-0.05, 0) is 83.5 Å². The fourth-order valence-electron chi connectivity index (χ4n) is 7.16. The predicted octanol–water partition coefficient (Wildman–Crippen LogP) is 16.0. The maximum atomic E-state index is 12.8. The molecule has 0 bridgehead atoms. The summed E-state index contributed by atoms with van der Waals surface area (Å²) >= 11 is 0. The van der Waals surface area contributed by atoms with Crippen molar-refractivity contribution >= 4 is 13.8 Å². The number of unbranched alkanes of at least 4 members (excludes halogenated alkanes) is 23. The number of phosphoric ester groups is 1. The summed E-state index contributed by atoms with van der Waals surface area (Å²) in [5.41, 5.74) is 0. The highest BCUT2D eigenvalue weighted by Crippen LogP contribution is 2.38. The lowest BCUT2D eigenvalue weighted by Crippen LogP contribution is -2.37. The molecule has 0 amide bonds. The van der Waals surface area contributed by atoms with Crippen LogP contribution >= 0.6 is 7.82 Å². The number of ether oxygens (including phenoxy) is 2. The van der Waals surface area contributed by atoms with Crippen molar-refractivity contribution in [2.75, 3.05) is 54.1 Å². The van der Waals surface area contributed by atoms with Crippen LogP contribution < -0.4 is 4.89 Å². The van der Waals surface area contributed by atoms with Crippen LogP contribution in [0.3, 0.4) is 0 Å². The van der Waals surface area contributed by atoms with E-state index in [9.17, 15) is 14.3 Å². The van der Waals surface area contributed by atoms with Crippen LogP contribution in [0, 0.1) is 0 Å². The van der Waals surface area contributed by atoms with Gasteiger partial charge in [-0.15, -0.1) is 0 Å². The number of quaternary nitrogens is 1. The van der Waals surface area contributed by atoms with Gasteiger partial charge in [-0.3, -0.25) is 9.36 Å². The number of rotatable bonds is 49. The molecule has 0 rings (SSSR count). The highest BCUT2D eigenvalue weighted by Gasteiger charge is 2.20. The summed E-state index contributed by atoms with van der Waals surface area (Å²) in [4.78, 5) is 25.2. The van der Waals surface area contributed by atoms with Crippen molar-refractivity contribution in [3.8, 4) is 0 Å². The Hall–Kier alpha value is -2.06. The summed E-state index contributed by atoms with van der Waals surface area (Å²) in [5, 5.41) is 0. The van der Waals surface area contributed by atoms with E-state index in [-0.39, 0.29) is 25.8 Å². The standard InChI is InChI=1S/C56H102NO7P/c1-6-8-10-12-14-16-18-20-22-24-26-28-29-30-31-33-35-37-39-41-43-45-47-49-56(58)64-55(54-63-65(59,60)62-52-50-57(3,4)5)53-61-51-48-46-44-42-40-38-36-34-32-27-25-23-21-19-17-15-13-11-9-7-2/h9,11,15,17-18,20-21,23-24,26-27,32,55H,6-8,10,12-14,16,19,22,25,28-31,33-54H2,1-5H3/b11-9-,17-15-,20-18-,23-21-,26-24-,32-27-. The number of allylic oxidation sites excluding steroid dienone is 12. The fraction of sp³-hybridized carbons (Fsp3) is 0.768. The Balaban J connectivity index is 4.15. The van der Waals surface area contributed by atoms with Crippen LogP contribution in [0.25, 0.3) is 0 Å². The van der Waals surface area contributed by atoms with Crippen molar-refractivity contribution in [3.05, 3.63) is 72.9 Å². The Morgan fingerprint density at radius 3 is 1.34 bits per heavy atom. The second kappa shape index (κ2) is 48.4. The zero-order valence-electron chi connectivity index (χ0n) is 42.9. The number of carbonyl (C=O) groups excluding carboxylic acids is 1. The van der Waals surface area contributed by atoms with E-state index in [1.54, 1.807) is 0 Å². The Bertz CT molecular complexity index is 1270. The highest BCUT2D eigenvalue weighted by atomic mass is 31.2. The molecule has 9 heteroatoms. The predicted molar refractivity (Wildman–Crippen MR) is 277 cm³/mol. The van der Waals surface area contributed by atoms with Crippen LogP contribution in [0.5, 0.6) is 0 Å². The summed E-state index contributed by atoms with van der Waals surface area (Å²) < 4.78 is 34.8.